The number of hydrogen-bond acceptors (Lipinski definition) is 4. The average Bonchev–Trinajstić information content (AvgIpc) is 4.14. The van der Waals surface area contributed by atoms with Crippen molar-refractivity contribution in [1.29, 1.82) is 0 Å². The van der Waals surface area contributed by atoms with E-state index >= 15 is 0 Å². The van der Waals surface area contributed by atoms with Crippen LogP contribution in [0.3, 0.4) is 0 Å². The van der Waals surface area contributed by atoms with Crippen molar-refractivity contribution in [2.24, 2.45) is 0 Å². The quantitative estimate of drug-likeness (QED) is 0.160. The summed E-state index contributed by atoms with van der Waals surface area (Å²) in [5.41, 5.74) is 11.9. The number of benzene rings is 8. The van der Waals surface area contributed by atoms with E-state index in [1.165, 1.54) is 10.8 Å². The van der Waals surface area contributed by atoms with Gasteiger partial charge in [0.05, 0.1) is 33.5 Å². The van der Waals surface area contributed by atoms with Gasteiger partial charge in [-0.15, -0.1) is 0 Å². The highest BCUT2D eigenvalue weighted by Gasteiger charge is 2.26. The molecule has 14 aromatic rings. The van der Waals surface area contributed by atoms with E-state index in [4.69, 9.17) is 19.9 Å². The van der Waals surface area contributed by atoms with E-state index in [-0.39, 0.29) is 0 Å². The zero-order valence-electron chi connectivity index (χ0n) is 36.5. The molecule has 0 saturated carbocycles. The molecule has 0 unspecified atom stereocenters. The van der Waals surface area contributed by atoms with Gasteiger partial charge in [0.25, 0.3) is 0 Å². The van der Waals surface area contributed by atoms with Gasteiger partial charge in [0.2, 0.25) is 0 Å². The summed E-state index contributed by atoms with van der Waals surface area (Å²) < 4.78 is 9.29. The topological polar surface area (TPSA) is 71.3 Å². The molecule has 0 radical (unpaired) electrons. The summed E-state index contributed by atoms with van der Waals surface area (Å²) in [5.74, 6) is 2.22. The maximum atomic E-state index is 5.56. The van der Waals surface area contributed by atoms with Gasteiger partial charge in [0.15, 0.2) is 11.6 Å². The van der Waals surface area contributed by atoms with E-state index in [1.54, 1.807) is 0 Å². The van der Waals surface area contributed by atoms with Gasteiger partial charge in [-0.3, -0.25) is 18.3 Å². The molecule has 0 bridgehead atoms. The highest BCUT2D eigenvalue weighted by molar-refractivity contribution is 6.23. The van der Waals surface area contributed by atoms with Crippen LogP contribution >= 0.6 is 0 Å². The largest absolute Gasteiger partial charge is 0.295 e. The molecule has 0 spiro atoms. The lowest BCUT2D eigenvalue weighted by atomic mass is 10.1. The number of aromatic nitrogens is 8. The van der Waals surface area contributed by atoms with Gasteiger partial charge in [0, 0.05) is 67.0 Å². The first-order valence-electron chi connectivity index (χ1n) is 22.8. The van der Waals surface area contributed by atoms with Gasteiger partial charge in [-0.25, -0.2) is 19.9 Å². The first-order valence-corrected chi connectivity index (χ1v) is 22.8. The Labute approximate surface area is 389 Å². The maximum absolute atomic E-state index is 5.56. The molecule has 6 aromatic heterocycles. The van der Waals surface area contributed by atoms with Gasteiger partial charge < -0.3 is 0 Å². The second-order valence-corrected chi connectivity index (χ2v) is 17.1. The lowest BCUT2D eigenvalue weighted by Crippen LogP contribution is -2.09. The first-order chi connectivity index (χ1) is 33.8. The normalized spacial score (nSPS) is 11.8. The van der Waals surface area contributed by atoms with Crippen LogP contribution in [0.25, 0.3) is 123 Å². The monoisotopic (exact) mass is 870 g/mol. The predicted molar refractivity (Wildman–Crippen MR) is 276 cm³/mol. The van der Waals surface area contributed by atoms with Gasteiger partial charge >= 0.3 is 0 Å². The molecule has 0 aliphatic carbocycles. The molecule has 8 heteroatoms. The Morgan fingerprint density at radius 1 is 0.265 bits per heavy atom. The average molecular weight is 871 g/mol. The zero-order valence-corrected chi connectivity index (χ0v) is 36.5. The summed E-state index contributed by atoms with van der Waals surface area (Å²) in [6.07, 6.45) is 0. The first kappa shape index (κ1) is 37.9. The standard InChI is InChI=1S/C60H38N8/c1-5-21-39(22-6-1)47-37-53(67-51-35-19-15-31-45(51)55-43-29-13-17-33-49(43)65(59(55)67)41-25-9-3-10-26-41)63-57(61-47)58-62-48(40-23-7-2-8-24-40)38-54(64-58)68-52-36-20-16-32-46(52)56-44-30-14-18-34-50(44)66(60(56)68)42-27-11-4-12-28-42/h1-38H. The van der Waals surface area contributed by atoms with E-state index in [0.29, 0.717) is 23.3 Å². The Balaban J connectivity index is 1.10. The molecule has 8 nitrogen and oxygen atoms in total. The van der Waals surface area contributed by atoms with Gasteiger partial charge in [-0.2, -0.15) is 0 Å². The summed E-state index contributed by atoms with van der Waals surface area (Å²) in [6.45, 7) is 0. The number of rotatable bonds is 7. The Morgan fingerprint density at radius 2 is 0.559 bits per heavy atom. The summed E-state index contributed by atoms with van der Waals surface area (Å²) in [4.78, 5) is 21.9. The van der Waals surface area contributed by atoms with Crippen LogP contribution < -0.4 is 0 Å². The lowest BCUT2D eigenvalue weighted by molar-refractivity contribution is 0.970. The molecule has 0 aliphatic rings. The van der Waals surface area contributed by atoms with E-state index in [9.17, 15) is 0 Å². The molecule has 14 rings (SSSR count). The fourth-order valence-electron chi connectivity index (χ4n) is 10.3. The Morgan fingerprint density at radius 3 is 0.912 bits per heavy atom. The van der Waals surface area contributed by atoms with Crippen molar-refractivity contribution in [3.63, 3.8) is 0 Å². The van der Waals surface area contributed by atoms with Crippen LogP contribution in [0.15, 0.2) is 231 Å². The second-order valence-electron chi connectivity index (χ2n) is 17.1. The number of para-hydroxylation sites is 6. The zero-order chi connectivity index (χ0) is 44.7. The second kappa shape index (κ2) is 15.1. The van der Waals surface area contributed by atoms with E-state index < -0.39 is 0 Å². The van der Waals surface area contributed by atoms with Crippen molar-refractivity contribution >= 4 is 65.7 Å². The van der Waals surface area contributed by atoms with Crippen molar-refractivity contribution in [3.8, 4) is 57.2 Å². The number of nitrogens with zero attached hydrogens (tertiary/aromatic N) is 8. The fourth-order valence-corrected chi connectivity index (χ4v) is 10.3. The van der Waals surface area contributed by atoms with Crippen LogP contribution in [0.2, 0.25) is 0 Å². The molecule has 6 heterocycles. The van der Waals surface area contributed by atoms with Crippen molar-refractivity contribution in [1.82, 2.24) is 38.2 Å². The third-order valence-electron chi connectivity index (χ3n) is 13.2. The van der Waals surface area contributed by atoms with Crippen LogP contribution in [-0.4, -0.2) is 38.2 Å². The lowest BCUT2D eigenvalue weighted by Gasteiger charge is -2.16. The van der Waals surface area contributed by atoms with E-state index in [1.807, 2.05) is 36.4 Å². The van der Waals surface area contributed by atoms with Crippen LogP contribution in [0.4, 0.5) is 0 Å². The van der Waals surface area contributed by atoms with Crippen LogP contribution in [0.5, 0.6) is 0 Å². The Hall–Kier alpha value is -9.40. The Bertz CT molecular complexity index is 3960. The highest BCUT2D eigenvalue weighted by atomic mass is 15.2. The smallest absolute Gasteiger partial charge is 0.200 e. The fraction of sp³-hybridized carbons (Fsp3) is 0. The molecule has 0 amide bonds. The Kier molecular flexibility index (Phi) is 8.41. The third-order valence-corrected chi connectivity index (χ3v) is 13.2. The number of hydrogen-bond donors (Lipinski definition) is 0. The third kappa shape index (κ3) is 5.74. The van der Waals surface area contributed by atoms with Crippen LogP contribution in [0.1, 0.15) is 0 Å². The van der Waals surface area contributed by atoms with E-state index in [0.717, 1.165) is 88.8 Å². The summed E-state index contributed by atoms with van der Waals surface area (Å²) in [7, 11) is 0. The molecule has 8 aromatic carbocycles. The molecular weight excluding hydrogens is 833 g/mol. The van der Waals surface area contributed by atoms with Crippen molar-refractivity contribution in [3.05, 3.63) is 231 Å². The molecule has 0 fully saturated rings. The molecule has 0 saturated heterocycles. The van der Waals surface area contributed by atoms with Gasteiger partial charge in [0.1, 0.15) is 22.9 Å². The highest BCUT2D eigenvalue weighted by Crippen LogP contribution is 2.43. The summed E-state index contributed by atoms with van der Waals surface area (Å²) in [6, 6.07) is 80.5. The predicted octanol–water partition coefficient (Wildman–Crippen LogP) is 14.3. The van der Waals surface area contributed by atoms with E-state index in [2.05, 4.69) is 212 Å². The SMILES string of the molecule is c1ccc(-c2cc(-n3c4ccccc4c4c5ccccc5n(-c5ccccc5)c43)nc(-c3nc(-c4ccccc4)cc(-n4c5ccccc5c5c6ccccc6n(-c6ccccc6)c54)n3)n2)cc1. The minimum atomic E-state index is 0.407. The molecule has 68 heavy (non-hydrogen) atoms. The molecule has 318 valence electrons. The van der Waals surface area contributed by atoms with Gasteiger partial charge in [-0.05, 0) is 48.5 Å². The molecular formula is C60H38N8. The van der Waals surface area contributed by atoms with Crippen LogP contribution in [0, 0.1) is 0 Å². The minimum absolute atomic E-state index is 0.407. The van der Waals surface area contributed by atoms with Crippen molar-refractivity contribution < 1.29 is 0 Å². The molecule has 0 N–H and O–H groups in total. The van der Waals surface area contributed by atoms with Crippen LogP contribution in [-0.2, 0) is 0 Å². The van der Waals surface area contributed by atoms with Crippen molar-refractivity contribution in [2.75, 3.05) is 0 Å². The van der Waals surface area contributed by atoms with Crippen molar-refractivity contribution in [2.45, 2.75) is 0 Å². The minimum Gasteiger partial charge on any atom is -0.295 e. The number of fused-ring (bicyclic) bond motifs is 10. The molecule has 0 aliphatic heterocycles. The van der Waals surface area contributed by atoms with Gasteiger partial charge in [-0.1, -0.05) is 170 Å². The maximum Gasteiger partial charge on any atom is 0.200 e. The summed E-state index contributed by atoms with van der Waals surface area (Å²) >= 11 is 0. The summed E-state index contributed by atoms with van der Waals surface area (Å²) in [5, 5.41) is 6.92. The molecule has 0 atom stereocenters.